The second-order valence-electron chi connectivity index (χ2n) is 4.47. The highest BCUT2D eigenvalue weighted by molar-refractivity contribution is 4.90. The van der Waals surface area contributed by atoms with Gasteiger partial charge in [-0.3, -0.25) is 0 Å². The fourth-order valence-electron chi connectivity index (χ4n) is 2.68. The van der Waals surface area contributed by atoms with Crippen molar-refractivity contribution >= 4 is 0 Å². The molecule has 1 aliphatic heterocycles. The third kappa shape index (κ3) is 2.05. The van der Waals surface area contributed by atoms with Crippen molar-refractivity contribution in [2.75, 3.05) is 13.7 Å². The van der Waals surface area contributed by atoms with Crippen molar-refractivity contribution in [1.82, 2.24) is 0 Å². The van der Waals surface area contributed by atoms with E-state index in [0.29, 0.717) is 6.10 Å². The van der Waals surface area contributed by atoms with Gasteiger partial charge < -0.3 is 9.47 Å². The molecular weight excluding hydrogens is 164 g/mol. The van der Waals surface area contributed by atoms with Crippen LogP contribution in [0.3, 0.4) is 0 Å². The van der Waals surface area contributed by atoms with E-state index in [1.165, 1.54) is 38.5 Å². The SMILES string of the molecule is COC1COC2(CCCCCC2)C1. The highest BCUT2D eigenvalue weighted by atomic mass is 16.6. The minimum absolute atomic E-state index is 0.206. The van der Waals surface area contributed by atoms with Crippen LogP contribution in [0.15, 0.2) is 0 Å². The molecule has 0 bridgehead atoms. The number of hydrogen-bond donors (Lipinski definition) is 0. The Morgan fingerprint density at radius 2 is 1.85 bits per heavy atom. The molecule has 1 saturated carbocycles. The monoisotopic (exact) mass is 184 g/mol. The molecule has 1 aliphatic carbocycles. The van der Waals surface area contributed by atoms with Crippen molar-refractivity contribution in [2.24, 2.45) is 0 Å². The van der Waals surface area contributed by atoms with Gasteiger partial charge in [-0.25, -0.2) is 0 Å². The first-order valence-corrected chi connectivity index (χ1v) is 5.51. The second-order valence-corrected chi connectivity index (χ2v) is 4.47. The first-order chi connectivity index (χ1) is 6.35. The van der Waals surface area contributed by atoms with Crippen molar-refractivity contribution < 1.29 is 9.47 Å². The Labute approximate surface area is 80.6 Å². The molecule has 0 aromatic rings. The zero-order chi connectivity index (χ0) is 9.15. The smallest absolute Gasteiger partial charge is 0.0832 e. The van der Waals surface area contributed by atoms with E-state index < -0.39 is 0 Å². The molecule has 0 N–H and O–H groups in total. The molecule has 13 heavy (non-hydrogen) atoms. The van der Waals surface area contributed by atoms with E-state index in [2.05, 4.69) is 0 Å². The molecule has 0 radical (unpaired) electrons. The number of methoxy groups -OCH3 is 1. The fraction of sp³-hybridized carbons (Fsp3) is 1.00. The first kappa shape index (κ1) is 9.47. The highest BCUT2D eigenvalue weighted by Crippen LogP contribution is 2.38. The van der Waals surface area contributed by atoms with Crippen LogP contribution in [0.2, 0.25) is 0 Å². The van der Waals surface area contributed by atoms with Gasteiger partial charge in [0, 0.05) is 13.5 Å². The number of hydrogen-bond acceptors (Lipinski definition) is 2. The molecule has 1 spiro atoms. The van der Waals surface area contributed by atoms with Gasteiger partial charge in [-0.2, -0.15) is 0 Å². The predicted molar refractivity (Wildman–Crippen MR) is 51.8 cm³/mol. The topological polar surface area (TPSA) is 18.5 Å². The molecular formula is C11H20O2. The zero-order valence-corrected chi connectivity index (χ0v) is 8.55. The summed E-state index contributed by atoms with van der Waals surface area (Å²) < 4.78 is 11.3. The Morgan fingerprint density at radius 1 is 1.15 bits per heavy atom. The molecule has 1 atom stereocenters. The van der Waals surface area contributed by atoms with Gasteiger partial charge in [0.05, 0.1) is 18.3 Å². The lowest BCUT2D eigenvalue weighted by Gasteiger charge is -2.26. The molecule has 76 valence electrons. The van der Waals surface area contributed by atoms with Gasteiger partial charge in [-0.15, -0.1) is 0 Å². The van der Waals surface area contributed by atoms with Crippen molar-refractivity contribution in [3.05, 3.63) is 0 Å². The molecule has 1 saturated heterocycles. The van der Waals surface area contributed by atoms with Crippen molar-refractivity contribution in [2.45, 2.75) is 56.7 Å². The van der Waals surface area contributed by atoms with Crippen LogP contribution in [-0.4, -0.2) is 25.4 Å². The molecule has 2 rings (SSSR count). The van der Waals surface area contributed by atoms with E-state index in [4.69, 9.17) is 9.47 Å². The largest absolute Gasteiger partial charge is 0.379 e. The van der Waals surface area contributed by atoms with Crippen LogP contribution in [0.4, 0.5) is 0 Å². The minimum atomic E-state index is 0.206. The van der Waals surface area contributed by atoms with E-state index in [-0.39, 0.29) is 5.60 Å². The number of ether oxygens (including phenoxy) is 2. The summed E-state index contributed by atoms with van der Waals surface area (Å²) in [6, 6.07) is 0. The Balaban J connectivity index is 1.95. The first-order valence-electron chi connectivity index (χ1n) is 5.51. The van der Waals surface area contributed by atoms with Gasteiger partial charge in [-0.1, -0.05) is 25.7 Å². The van der Waals surface area contributed by atoms with Crippen LogP contribution in [0.5, 0.6) is 0 Å². The van der Waals surface area contributed by atoms with Crippen molar-refractivity contribution in [3.63, 3.8) is 0 Å². The zero-order valence-electron chi connectivity index (χ0n) is 8.55. The van der Waals surface area contributed by atoms with Gasteiger partial charge in [-0.05, 0) is 12.8 Å². The van der Waals surface area contributed by atoms with E-state index in [1.807, 2.05) is 0 Å². The molecule has 1 heterocycles. The number of rotatable bonds is 1. The third-order valence-electron chi connectivity index (χ3n) is 3.52. The molecule has 0 aromatic carbocycles. The van der Waals surface area contributed by atoms with Gasteiger partial charge in [0.15, 0.2) is 0 Å². The summed E-state index contributed by atoms with van der Waals surface area (Å²) in [6.45, 7) is 0.816. The van der Waals surface area contributed by atoms with E-state index in [0.717, 1.165) is 13.0 Å². The summed E-state index contributed by atoms with van der Waals surface area (Å²) in [5.74, 6) is 0. The summed E-state index contributed by atoms with van der Waals surface area (Å²) in [7, 11) is 1.80. The summed E-state index contributed by atoms with van der Waals surface area (Å²) in [6.07, 6.45) is 9.47. The quantitative estimate of drug-likeness (QED) is 0.623. The van der Waals surface area contributed by atoms with Gasteiger partial charge in [0.25, 0.3) is 0 Å². The Hall–Kier alpha value is -0.0800. The molecule has 0 aromatic heterocycles. The Bertz CT molecular complexity index is 159. The van der Waals surface area contributed by atoms with E-state index in [1.54, 1.807) is 7.11 Å². The summed E-state index contributed by atoms with van der Waals surface area (Å²) in [5.41, 5.74) is 0.206. The lowest BCUT2D eigenvalue weighted by Crippen LogP contribution is -2.27. The van der Waals surface area contributed by atoms with Gasteiger partial charge >= 0.3 is 0 Å². The van der Waals surface area contributed by atoms with E-state index in [9.17, 15) is 0 Å². The Morgan fingerprint density at radius 3 is 2.38 bits per heavy atom. The maximum absolute atomic E-state index is 5.94. The van der Waals surface area contributed by atoms with Crippen molar-refractivity contribution in [1.29, 1.82) is 0 Å². The van der Waals surface area contributed by atoms with Gasteiger partial charge in [0.2, 0.25) is 0 Å². The molecule has 0 amide bonds. The molecule has 2 heteroatoms. The average Bonchev–Trinajstić information content (AvgIpc) is 2.40. The van der Waals surface area contributed by atoms with Crippen molar-refractivity contribution in [3.8, 4) is 0 Å². The third-order valence-corrected chi connectivity index (χ3v) is 3.52. The maximum atomic E-state index is 5.94. The van der Waals surface area contributed by atoms with Crippen LogP contribution in [0, 0.1) is 0 Å². The molecule has 1 unspecified atom stereocenters. The average molecular weight is 184 g/mol. The lowest BCUT2D eigenvalue weighted by molar-refractivity contribution is -0.0115. The van der Waals surface area contributed by atoms with E-state index >= 15 is 0 Å². The maximum Gasteiger partial charge on any atom is 0.0832 e. The highest BCUT2D eigenvalue weighted by Gasteiger charge is 2.40. The lowest BCUT2D eigenvalue weighted by atomic mass is 9.91. The molecule has 2 fully saturated rings. The van der Waals surface area contributed by atoms with Gasteiger partial charge in [0.1, 0.15) is 0 Å². The Kier molecular flexibility index (Phi) is 2.89. The minimum Gasteiger partial charge on any atom is -0.379 e. The summed E-state index contributed by atoms with van der Waals surface area (Å²) >= 11 is 0. The summed E-state index contributed by atoms with van der Waals surface area (Å²) in [4.78, 5) is 0. The normalized spacial score (nSPS) is 33.5. The van der Waals surface area contributed by atoms with Crippen LogP contribution < -0.4 is 0 Å². The summed E-state index contributed by atoms with van der Waals surface area (Å²) in [5, 5.41) is 0. The second kappa shape index (κ2) is 3.97. The van der Waals surface area contributed by atoms with Crippen LogP contribution in [0.1, 0.15) is 44.9 Å². The molecule has 2 aliphatic rings. The predicted octanol–water partition coefficient (Wildman–Crippen LogP) is 2.51. The molecule has 2 nitrogen and oxygen atoms in total. The standard InChI is InChI=1S/C11H20O2/c1-12-10-8-11(13-9-10)6-4-2-3-5-7-11/h10H,2-9H2,1H3. The fourth-order valence-corrected chi connectivity index (χ4v) is 2.68. The van der Waals surface area contributed by atoms with Crippen LogP contribution >= 0.6 is 0 Å². The van der Waals surface area contributed by atoms with Crippen LogP contribution in [0.25, 0.3) is 0 Å². The van der Waals surface area contributed by atoms with Crippen LogP contribution in [-0.2, 0) is 9.47 Å².